The van der Waals surface area contributed by atoms with Crippen LogP contribution in [0.2, 0.25) is 0 Å². The van der Waals surface area contributed by atoms with E-state index in [9.17, 15) is 4.79 Å². The highest BCUT2D eigenvalue weighted by Gasteiger charge is 2.34. The van der Waals surface area contributed by atoms with Gasteiger partial charge in [0, 0.05) is 6.04 Å². The first-order valence-corrected chi connectivity index (χ1v) is 3.28. The maximum absolute atomic E-state index is 10.3. The largest absolute Gasteiger partial charge is 0.480 e. The van der Waals surface area contributed by atoms with Crippen molar-refractivity contribution in [2.24, 2.45) is 0 Å². The summed E-state index contributed by atoms with van der Waals surface area (Å²) in [4.78, 5) is 10.3. The predicted octanol–water partition coefficient (Wildman–Crippen LogP) is -0.818. The zero-order valence-corrected chi connectivity index (χ0v) is 5.74. The highest BCUT2D eigenvalue weighted by Crippen LogP contribution is 2.12. The van der Waals surface area contributed by atoms with Crippen LogP contribution in [0.5, 0.6) is 0 Å². The molecule has 0 bridgehead atoms. The molecule has 1 saturated heterocycles. The average Bonchev–Trinajstić information content (AvgIpc) is 2.10. The van der Waals surface area contributed by atoms with Crippen molar-refractivity contribution < 1.29 is 15.0 Å². The van der Waals surface area contributed by atoms with Gasteiger partial charge < -0.3 is 10.2 Å². The Kier molecular flexibility index (Phi) is 1.92. The van der Waals surface area contributed by atoms with Crippen LogP contribution in [0.1, 0.15) is 13.3 Å². The van der Waals surface area contributed by atoms with Gasteiger partial charge in [0.05, 0.1) is 6.10 Å². The molecule has 1 fully saturated rings. The predicted molar refractivity (Wildman–Crippen MR) is 34.6 cm³/mol. The second-order valence-electron chi connectivity index (χ2n) is 2.69. The molecule has 4 nitrogen and oxygen atoms in total. The lowest BCUT2D eigenvalue weighted by atomic mass is 10.1. The molecule has 10 heavy (non-hydrogen) atoms. The molecule has 1 rings (SSSR count). The van der Waals surface area contributed by atoms with Crippen LogP contribution in [0.3, 0.4) is 0 Å². The Morgan fingerprint density at radius 1 is 1.70 bits per heavy atom. The van der Waals surface area contributed by atoms with Crippen LogP contribution in [-0.2, 0) is 4.79 Å². The second-order valence-corrected chi connectivity index (χ2v) is 2.69. The third-order valence-electron chi connectivity index (χ3n) is 1.71. The lowest BCUT2D eigenvalue weighted by molar-refractivity contribution is -0.141. The van der Waals surface area contributed by atoms with Crippen LogP contribution < -0.4 is 5.32 Å². The van der Waals surface area contributed by atoms with Crippen molar-refractivity contribution in [2.45, 2.75) is 31.5 Å². The van der Waals surface area contributed by atoms with Gasteiger partial charge in [0.15, 0.2) is 0 Å². The molecule has 0 aromatic heterocycles. The fourth-order valence-electron chi connectivity index (χ4n) is 1.22. The number of rotatable bonds is 1. The van der Waals surface area contributed by atoms with E-state index < -0.39 is 18.1 Å². The standard InChI is InChI=1S/C6H11NO3/c1-3-2-4(8)5(7-3)6(9)10/h3-5,7-8H,2H2,1H3,(H,9,10). The van der Waals surface area contributed by atoms with E-state index in [2.05, 4.69) is 5.32 Å². The van der Waals surface area contributed by atoms with E-state index in [4.69, 9.17) is 10.2 Å². The van der Waals surface area contributed by atoms with Gasteiger partial charge in [-0.15, -0.1) is 0 Å². The number of hydrogen-bond donors (Lipinski definition) is 3. The summed E-state index contributed by atoms with van der Waals surface area (Å²) in [7, 11) is 0. The first kappa shape index (κ1) is 7.50. The van der Waals surface area contributed by atoms with Crippen LogP contribution in [0.25, 0.3) is 0 Å². The minimum atomic E-state index is -0.975. The molecule has 0 saturated carbocycles. The van der Waals surface area contributed by atoms with Gasteiger partial charge >= 0.3 is 5.97 Å². The monoisotopic (exact) mass is 145 g/mol. The number of aliphatic hydroxyl groups excluding tert-OH is 1. The Hall–Kier alpha value is -0.610. The van der Waals surface area contributed by atoms with Gasteiger partial charge in [-0.1, -0.05) is 0 Å². The van der Waals surface area contributed by atoms with E-state index >= 15 is 0 Å². The number of carboxylic acids is 1. The number of carboxylic acid groups (broad SMARTS) is 1. The summed E-state index contributed by atoms with van der Waals surface area (Å²) in [5.41, 5.74) is 0. The molecule has 0 spiro atoms. The molecule has 0 amide bonds. The second kappa shape index (κ2) is 2.56. The van der Waals surface area contributed by atoms with Crippen LogP contribution >= 0.6 is 0 Å². The summed E-state index contributed by atoms with van der Waals surface area (Å²) in [6, 6.07) is -0.661. The molecule has 0 radical (unpaired) electrons. The van der Waals surface area contributed by atoms with Crippen molar-refractivity contribution in [1.82, 2.24) is 5.32 Å². The Labute approximate surface area is 58.9 Å². The lowest BCUT2D eigenvalue weighted by Gasteiger charge is -2.07. The van der Waals surface area contributed by atoms with Crippen LogP contribution in [0.4, 0.5) is 0 Å². The van der Waals surface area contributed by atoms with Gasteiger partial charge in [-0.25, -0.2) is 0 Å². The van der Waals surface area contributed by atoms with Gasteiger partial charge in [0.1, 0.15) is 6.04 Å². The summed E-state index contributed by atoms with van der Waals surface area (Å²) in [6.07, 6.45) is -0.204. The average molecular weight is 145 g/mol. The SMILES string of the molecule is CC1CC(O)C(C(=O)O)N1. The topological polar surface area (TPSA) is 69.6 Å². The molecular formula is C6H11NO3. The van der Waals surface area contributed by atoms with E-state index in [0.29, 0.717) is 6.42 Å². The molecule has 0 aromatic carbocycles. The summed E-state index contributed by atoms with van der Waals surface area (Å²) >= 11 is 0. The molecule has 58 valence electrons. The molecule has 1 aliphatic rings. The number of carbonyl (C=O) groups is 1. The maximum Gasteiger partial charge on any atom is 0.323 e. The fourth-order valence-corrected chi connectivity index (χ4v) is 1.22. The number of hydrogen-bond acceptors (Lipinski definition) is 3. The van der Waals surface area contributed by atoms with Crippen molar-refractivity contribution in [3.63, 3.8) is 0 Å². The summed E-state index contributed by atoms with van der Waals surface area (Å²) in [6.45, 7) is 1.85. The molecule has 1 aliphatic heterocycles. The zero-order chi connectivity index (χ0) is 7.72. The Morgan fingerprint density at radius 2 is 2.30 bits per heavy atom. The fraction of sp³-hybridized carbons (Fsp3) is 0.833. The van der Waals surface area contributed by atoms with Crippen LogP contribution in [-0.4, -0.2) is 34.4 Å². The minimum absolute atomic E-state index is 0.107. The normalized spacial score (nSPS) is 40.0. The third kappa shape index (κ3) is 1.27. The van der Waals surface area contributed by atoms with Gasteiger partial charge in [-0.05, 0) is 13.3 Å². The Balaban J connectivity index is 2.54. The van der Waals surface area contributed by atoms with E-state index in [0.717, 1.165) is 0 Å². The molecule has 3 atom stereocenters. The van der Waals surface area contributed by atoms with Gasteiger partial charge in [0.2, 0.25) is 0 Å². The van der Waals surface area contributed by atoms with Crippen LogP contribution in [0, 0.1) is 0 Å². The van der Waals surface area contributed by atoms with Crippen molar-refractivity contribution in [1.29, 1.82) is 0 Å². The first-order valence-electron chi connectivity index (χ1n) is 3.28. The highest BCUT2D eigenvalue weighted by molar-refractivity contribution is 5.74. The molecule has 4 heteroatoms. The van der Waals surface area contributed by atoms with Crippen molar-refractivity contribution in [3.8, 4) is 0 Å². The smallest absolute Gasteiger partial charge is 0.323 e. The molecule has 0 aromatic rings. The van der Waals surface area contributed by atoms with E-state index in [1.54, 1.807) is 0 Å². The molecule has 0 aliphatic carbocycles. The number of nitrogens with one attached hydrogen (secondary N) is 1. The first-order chi connectivity index (χ1) is 4.61. The van der Waals surface area contributed by atoms with E-state index in [1.807, 2.05) is 6.92 Å². The van der Waals surface area contributed by atoms with Gasteiger partial charge in [-0.3, -0.25) is 10.1 Å². The third-order valence-corrected chi connectivity index (χ3v) is 1.71. The van der Waals surface area contributed by atoms with Crippen molar-refractivity contribution in [3.05, 3.63) is 0 Å². The highest BCUT2D eigenvalue weighted by atomic mass is 16.4. The van der Waals surface area contributed by atoms with Gasteiger partial charge in [0.25, 0.3) is 0 Å². The zero-order valence-electron chi connectivity index (χ0n) is 5.74. The van der Waals surface area contributed by atoms with E-state index in [1.165, 1.54) is 0 Å². The van der Waals surface area contributed by atoms with Crippen molar-refractivity contribution in [2.75, 3.05) is 0 Å². The Morgan fingerprint density at radius 3 is 2.50 bits per heavy atom. The minimum Gasteiger partial charge on any atom is -0.480 e. The quantitative estimate of drug-likeness (QED) is 0.451. The molecule has 1 heterocycles. The Bertz CT molecular complexity index is 148. The number of aliphatic hydroxyl groups is 1. The summed E-state index contributed by atoms with van der Waals surface area (Å²) in [5.74, 6) is -0.975. The van der Waals surface area contributed by atoms with Crippen molar-refractivity contribution >= 4 is 5.97 Å². The maximum atomic E-state index is 10.3. The summed E-state index contributed by atoms with van der Waals surface area (Å²) < 4.78 is 0. The number of aliphatic carboxylic acids is 1. The molecule has 3 N–H and O–H groups in total. The molecule has 3 unspecified atom stereocenters. The van der Waals surface area contributed by atoms with E-state index in [-0.39, 0.29) is 6.04 Å². The van der Waals surface area contributed by atoms with Gasteiger partial charge in [-0.2, -0.15) is 0 Å². The van der Waals surface area contributed by atoms with Crippen LogP contribution in [0.15, 0.2) is 0 Å². The summed E-state index contributed by atoms with van der Waals surface area (Å²) in [5, 5.41) is 20.3. The lowest BCUT2D eigenvalue weighted by Crippen LogP contribution is -2.39. The molecular weight excluding hydrogens is 134 g/mol.